The van der Waals surface area contributed by atoms with Crippen molar-refractivity contribution in [2.75, 3.05) is 7.11 Å². The smallest absolute Gasteiger partial charge is 0.330 e. The van der Waals surface area contributed by atoms with Crippen LogP contribution in [-0.4, -0.2) is 13.1 Å². The van der Waals surface area contributed by atoms with Gasteiger partial charge >= 0.3 is 5.97 Å². The lowest BCUT2D eigenvalue weighted by Crippen LogP contribution is -1.93. The summed E-state index contributed by atoms with van der Waals surface area (Å²) in [6, 6.07) is 14.3. The minimum absolute atomic E-state index is 0.283. The van der Waals surface area contributed by atoms with E-state index in [9.17, 15) is 9.18 Å². The molecule has 2 aromatic rings. The van der Waals surface area contributed by atoms with E-state index >= 15 is 0 Å². The number of hydrogen-bond acceptors (Lipinski definition) is 3. The molecule has 2 nitrogen and oxygen atoms in total. The van der Waals surface area contributed by atoms with Crippen LogP contribution in [0.25, 0.3) is 6.08 Å². The molecule has 4 heteroatoms. The first-order chi connectivity index (χ1) is 9.69. The Kier molecular flexibility index (Phi) is 4.96. The zero-order chi connectivity index (χ0) is 14.4. The molecular formula is C16H13FO2S. The first-order valence-corrected chi connectivity index (χ1v) is 6.79. The minimum atomic E-state index is -0.438. The molecule has 0 saturated carbocycles. The van der Waals surface area contributed by atoms with Gasteiger partial charge in [-0.2, -0.15) is 0 Å². The van der Waals surface area contributed by atoms with Crippen molar-refractivity contribution in [2.24, 2.45) is 0 Å². The summed E-state index contributed by atoms with van der Waals surface area (Å²) >= 11 is 1.34. The highest BCUT2D eigenvalue weighted by Gasteiger charge is 2.05. The molecular weight excluding hydrogens is 275 g/mol. The maximum Gasteiger partial charge on any atom is 0.330 e. The van der Waals surface area contributed by atoms with Gasteiger partial charge in [-0.05, 0) is 35.9 Å². The number of benzene rings is 2. The molecule has 0 aliphatic heterocycles. The number of halogens is 1. The van der Waals surface area contributed by atoms with Gasteiger partial charge in [0.1, 0.15) is 5.82 Å². The molecule has 0 aliphatic rings. The Hall–Kier alpha value is -2.07. The first-order valence-electron chi connectivity index (χ1n) is 5.97. The standard InChI is InChI=1S/C16H13FO2S/c1-19-16(18)10-8-12-7-9-14(17)15(11-12)20-13-5-3-2-4-6-13/h2-11H,1H3/b10-8-. The summed E-state index contributed by atoms with van der Waals surface area (Å²) in [5.41, 5.74) is 0.746. The van der Waals surface area contributed by atoms with Gasteiger partial charge in [0.05, 0.1) is 7.11 Å². The summed E-state index contributed by atoms with van der Waals surface area (Å²) in [5, 5.41) is 0. The third kappa shape index (κ3) is 3.96. The largest absolute Gasteiger partial charge is 0.466 e. The second kappa shape index (κ2) is 6.91. The number of hydrogen-bond donors (Lipinski definition) is 0. The second-order valence-electron chi connectivity index (χ2n) is 3.96. The highest BCUT2D eigenvalue weighted by Crippen LogP contribution is 2.30. The lowest BCUT2D eigenvalue weighted by molar-refractivity contribution is -0.134. The SMILES string of the molecule is COC(=O)/C=C\c1ccc(F)c(Sc2ccccc2)c1. The van der Waals surface area contributed by atoms with Gasteiger partial charge in [0, 0.05) is 15.9 Å². The highest BCUT2D eigenvalue weighted by atomic mass is 32.2. The van der Waals surface area contributed by atoms with Crippen molar-refractivity contribution in [1.82, 2.24) is 0 Å². The van der Waals surface area contributed by atoms with Crippen LogP contribution in [-0.2, 0) is 9.53 Å². The molecule has 0 bridgehead atoms. The van der Waals surface area contributed by atoms with Gasteiger partial charge in [-0.15, -0.1) is 0 Å². The molecule has 0 fully saturated rings. The summed E-state index contributed by atoms with van der Waals surface area (Å²) in [4.78, 5) is 12.5. The van der Waals surface area contributed by atoms with Crippen LogP contribution < -0.4 is 0 Å². The number of carbonyl (C=O) groups excluding carboxylic acids is 1. The van der Waals surface area contributed by atoms with E-state index in [1.165, 1.54) is 31.0 Å². The van der Waals surface area contributed by atoms with Crippen LogP contribution in [0.2, 0.25) is 0 Å². The van der Waals surface area contributed by atoms with Crippen LogP contribution in [0.5, 0.6) is 0 Å². The van der Waals surface area contributed by atoms with Crippen molar-refractivity contribution in [3.8, 4) is 0 Å². The molecule has 0 N–H and O–H groups in total. The van der Waals surface area contributed by atoms with E-state index in [2.05, 4.69) is 4.74 Å². The third-order valence-electron chi connectivity index (χ3n) is 2.54. The molecule has 0 saturated heterocycles. The number of ether oxygens (including phenoxy) is 1. The fourth-order valence-electron chi connectivity index (χ4n) is 1.55. The van der Waals surface area contributed by atoms with Gasteiger partial charge in [-0.25, -0.2) is 9.18 Å². The van der Waals surface area contributed by atoms with Crippen molar-refractivity contribution in [2.45, 2.75) is 9.79 Å². The van der Waals surface area contributed by atoms with Crippen LogP contribution in [0.4, 0.5) is 4.39 Å². The molecule has 0 aliphatic carbocycles. The number of carbonyl (C=O) groups is 1. The molecule has 2 aromatic carbocycles. The molecule has 0 heterocycles. The van der Waals surface area contributed by atoms with E-state index in [1.807, 2.05) is 30.3 Å². The summed E-state index contributed by atoms with van der Waals surface area (Å²) in [7, 11) is 1.31. The predicted molar refractivity (Wildman–Crippen MR) is 78.0 cm³/mol. The molecule has 20 heavy (non-hydrogen) atoms. The van der Waals surface area contributed by atoms with E-state index in [-0.39, 0.29) is 5.82 Å². The van der Waals surface area contributed by atoms with Gasteiger partial charge in [-0.1, -0.05) is 36.0 Å². The highest BCUT2D eigenvalue weighted by molar-refractivity contribution is 7.99. The molecule has 0 radical (unpaired) electrons. The first kappa shape index (κ1) is 14.3. The summed E-state index contributed by atoms with van der Waals surface area (Å²) in [5.74, 6) is -0.722. The molecule has 0 spiro atoms. The van der Waals surface area contributed by atoms with Gasteiger partial charge in [0.2, 0.25) is 0 Å². The lowest BCUT2D eigenvalue weighted by Gasteiger charge is -2.04. The number of methoxy groups -OCH3 is 1. The number of rotatable bonds is 4. The Morgan fingerprint density at radius 2 is 1.95 bits per heavy atom. The lowest BCUT2D eigenvalue weighted by atomic mass is 10.2. The molecule has 0 unspecified atom stereocenters. The van der Waals surface area contributed by atoms with Gasteiger partial charge in [0.15, 0.2) is 0 Å². The van der Waals surface area contributed by atoms with Crippen LogP contribution >= 0.6 is 11.8 Å². The third-order valence-corrected chi connectivity index (χ3v) is 3.58. The topological polar surface area (TPSA) is 26.3 Å². The Balaban J connectivity index is 2.21. The molecule has 0 aromatic heterocycles. The van der Waals surface area contributed by atoms with Crippen molar-refractivity contribution < 1.29 is 13.9 Å². The van der Waals surface area contributed by atoms with E-state index in [0.29, 0.717) is 4.90 Å². The second-order valence-corrected chi connectivity index (χ2v) is 5.08. The van der Waals surface area contributed by atoms with Crippen molar-refractivity contribution >= 4 is 23.8 Å². The van der Waals surface area contributed by atoms with Crippen molar-refractivity contribution in [3.63, 3.8) is 0 Å². The zero-order valence-corrected chi connectivity index (χ0v) is 11.7. The summed E-state index contributed by atoms with van der Waals surface area (Å²) in [6.07, 6.45) is 2.91. The van der Waals surface area contributed by atoms with E-state index in [0.717, 1.165) is 10.5 Å². The van der Waals surface area contributed by atoms with Crippen molar-refractivity contribution in [3.05, 3.63) is 66.0 Å². The molecule has 0 amide bonds. The van der Waals surface area contributed by atoms with Crippen LogP contribution in [0, 0.1) is 5.82 Å². The predicted octanol–water partition coefficient (Wildman–Crippen LogP) is 4.16. The Bertz CT molecular complexity index is 624. The minimum Gasteiger partial charge on any atom is -0.466 e. The quantitative estimate of drug-likeness (QED) is 0.624. The van der Waals surface area contributed by atoms with Gasteiger partial charge in [0.25, 0.3) is 0 Å². The van der Waals surface area contributed by atoms with E-state index in [1.54, 1.807) is 18.2 Å². The van der Waals surface area contributed by atoms with Crippen molar-refractivity contribution in [1.29, 1.82) is 0 Å². The zero-order valence-electron chi connectivity index (χ0n) is 10.9. The Morgan fingerprint density at radius 1 is 1.20 bits per heavy atom. The average Bonchev–Trinajstić information content (AvgIpc) is 2.48. The van der Waals surface area contributed by atoms with E-state index < -0.39 is 5.97 Å². The summed E-state index contributed by atoms with van der Waals surface area (Å²) < 4.78 is 18.3. The monoisotopic (exact) mass is 288 g/mol. The normalized spacial score (nSPS) is 10.7. The van der Waals surface area contributed by atoms with Gasteiger partial charge in [-0.3, -0.25) is 0 Å². The maximum atomic E-state index is 13.8. The molecule has 0 atom stereocenters. The molecule has 102 valence electrons. The van der Waals surface area contributed by atoms with Gasteiger partial charge < -0.3 is 4.74 Å². The Morgan fingerprint density at radius 3 is 2.65 bits per heavy atom. The maximum absolute atomic E-state index is 13.8. The Labute approximate surface area is 121 Å². The fraction of sp³-hybridized carbons (Fsp3) is 0.0625. The van der Waals surface area contributed by atoms with Crippen LogP contribution in [0.1, 0.15) is 5.56 Å². The average molecular weight is 288 g/mol. The van der Waals surface area contributed by atoms with Crippen LogP contribution in [0.15, 0.2) is 64.4 Å². The summed E-state index contributed by atoms with van der Waals surface area (Å²) in [6.45, 7) is 0. The fourth-order valence-corrected chi connectivity index (χ4v) is 2.46. The number of esters is 1. The van der Waals surface area contributed by atoms with Crippen LogP contribution in [0.3, 0.4) is 0 Å². The molecule has 2 rings (SSSR count). The van der Waals surface area contributed by atoms with E-state index in [4.69, 9.17) is 0 Å².